The third-order valence-electron chi connectivity index (χ3n) is 7.72. The Balaban J connectivity index is 1.40. The van der Waals surface area contributed by atoms with Crippen LogP contribution in [0, 0.1) is 18.6 Å². The predicted molar refractivity (Wildman–Crippen MR) is 141 cm³/mol. The molecule has 9 heteroatoms. The summed E-state index contributed by atoms with van der Waals surface area (Å²) < 4.78 is 39.1. The van der Waals surface area contributed by atoms with Crippen molar-refractivity contribution in [2.45, 2.75) is 25.2 Å². The molecule has 2 aliphatic heterocycles. The van der Waals surface area contributed by atoms with Gasteiger partial charge in [-0.25, -0.2) is 8.78 Å². The lowest BCUT2D eigenvalue weighted by molar-refractivity contribution is 0.0670. The number of anilines is 1. The van der Waals surface area contributed by atoms with Gasteiger partial charge < -0.3 is 19.3 Å². The molecule has 0 atom stereocenters. The van der Waals surface area contributed by atoms with E-state index < -0.39 is 23.0 Å². The van der Waals surface area contributed by atoms with Gasteiger partial charge in [0.25, 0.3) is 11.8 Å². The number of carbonyl (C=O) groups is 2. The number of halogens is 3. The molecule has 0 N–H and O–H groups in total. The maximum Gasteiger partial charge on any atom is 0.261 e. The van der Waals surface area contributed by atoms with Crippen LogP contribution in [-0.2, 0) is 5.41 Å². The van der Waals surface area contributed by atoms with E-state index in [1.54, 1.807) is 31.3 Å². The number of fused-ring (bicyclic) bond motifs is 2. The first-order chi connectivity index (χ1) is 18.2. The van der Waals surface area contributed by atoms with Gasteiger partial charge in [0.2, 0.25) is 0 Å². The minimum Gasteiger partial charge on any atom is -0.496 e. The van der Waals surface area contributed by atoms with E-state index in [1.807, 2.05) is 31.2 Å². The van der Waals surface area contributed by atoms with Gasteiger partial charge >= 0.3 is 0 Å². The number of hydrogen-bond acceptors (Lipinski definition) is 4. The van der Waals surface area contributed by atoms with Crippen molar-refractivity contribution in [3.8, 4) is 11.5 Å². The molecule has 198 valence electrons. The van der Waals surface area contributed by atoms with E-state index in [9.17, 15) is 18.4 Å². The molecule has 1 spiro atoms. The number of amides is 2. The van der Waals surface area contributed by atoms with Gasteiger partial charge in [-0.3, -0.25) is 9.59 Å². The molecule has 0 aliphatic carbocycles. The zero-order valence-electron chi connectivity index (χ0n) is 21.3. The van der Waals surface area contributed by atoms with E-state index in [2.05, 4.69) is 0 Å². The average Bonchev–Trinajstić information content (AvgIpc) is 3.24. The number of hydrogen-bond donors (Lipinski definition) is 0. The fourth-order valence-electron chi connectivity index (χ4n) is 5.60. The van der Waals surface area contributed by atoms with E-state index in [-0.39, 0.29) is 16.5 Å². The Morgan fingerprint density at radius 3 is 2.18 bits per heavy atom. The summed E-state index contributed by atoms with van der Waals surface area (Å²) in [5.41, 5.74) is 2.28. The van der Waals surface area contributed by atoms with Crippen LogP contribution < -0.4 is 14.4 Å². The van der Waals surface area contributed by atoms with Crippen molar-refractivity contribution < 1.29 is 27.8 Å². The topological polar surface area (TPSA) is 59.1 Å². The van der Waals surface area contributed by atoms with E-state index >= 15 is 0 Å². The third-order valence-corrected chi connectivity index (χ3v) is 8.01. The monoisotopic (exact) mass is 540 g/mol. The lowest BCUT2D eigenvalue weighted by atomic mass is 9.74. The van der Waals surface area contributed by atoms with Crippen molar-refractivity contribution in [1.29, 1.82) is 0 Å². The SMILES string of the molecule is COc1cc(C(=O)N2CCC3(CC2)CN(C(=O)c2cc(Cl)c(F)cc2F)c2ccccc23)cc(OC)c1C. The summed E-state index contributed by atoms with van der Waals surface area (Å²) in [5, 5.41) is -0.312. The van der Waals surface area contributed by atoms with Crippen molar-refractivity contribution in [2.24, 2.45) is 0 Å². The number of benzene rings is 3. The van der Waals surface area contributed by atoms with Crippen LogP contribution in [0.5, 0.6) is 11.5 Å². The van der Waals surface area contributed by atoms with Crippen molar-refractivity contribution in [3.05, 3.63) is 87.4 Å². The number of likely N-dealkylation sites (tertiary alicyclic amines) is 1. The molecule has 3 aromatic rings. The molecule has 6 nitrogen and oxygen atoms in total. The summed E-state index contributed by atoms with van der Waals surface area (Å²) in [6.45, 7) is 3.15. The lowest BCUT2D eigenvalue weighted by Crippen LogP contribution is -2.48. The smallest absolute Gasteiger partial charge is 0.261 e. The second-order valence-corrected chi connectivity index (χ2v) is 10.1. The molecule has 0 aromatic heterocycles. The molecule has 2 amide bonds. The van der Waals surface area contributed by atoms with Gasteiger partial charge in [-0.15, -0.1) is 0 Å². The molecule has 2 heterocycles. The Bertz CT molecular complexity index is 1410. The second-order valence-electron chi connectivity index (χ2n) is 9.73. The van der Waals surface area contributed by atoms with Crippen molar-refractivity contribution in [3.63, 3.8) is 0 Å². The Labute approximate surface area is 224 Å². The van der Waals surface area contributed by atoms with Crippen LogP contribution in [0.4, 0.5) is 14.5 Å². The van der Waals surface area contributed by atoms with E-state index in [1.165, 1.54) is 4.90 Å². The molecule has 0 unspecified atom stereocenters. The molecule has 5 rings (SSSR count). The summed E-state index contributed by atoms with van der Waals surface area (Å²) in [5.74, 6) is -1.43. The first-order valence-corrected chi connectivity index (χ1v) is 12.6. The normalized spacial score (nSPS) is 15.9. The number of ether oxygens (including phenoxy) is 2. The maximum absolute atomic E-state index is 14.6. The Kier molecular flexibility index (Phi) is 6.77. The van der Waals surface area contributed by atoms with Gasteiger partial charge in [-0.05, 0) is 49.6 Å². The van der Waals surface area contributed by atoms with Gasteiger partial charge in [0.05, 0.1) is 24.8 Å². The van der Waals surface area contributed by atoms with Gasteiger partial charge in [0.1, 0.15) is 23.1 Å². The molecule has 0 radical (unpaired) electrons. The first-order valence-electron chi connectivity index (χ1n) is 12.3. The number of rotatable bonds is 4. The number of para-hydroxylation sites is 1. The average molecular weight is 541 g/mol. The zero-order chi connectivity index (χ0) is 27.2. The molecule has 38 heavy (non-hydrogen) atoms. The fourth-order valence-corrected chi connectivity index (χ4v) is 5.76. The standard InChI is InChI=1S/C29H27ClF2N2O4/c1-17-25(37-2)12-18(13-26(17)38-3)27(35)33-10-8-29(9-11-33)16-34(24-7-5-4-6-20(24)29)28(36)19-14-21(30)23(32)15-22(19)31/h4-7,12-15H,8-11,16H2,1-3H3. The highest BCUT2D eigenvalue weighted by atomic mass is 35.5. The molecule has 3 aromatic carbocycles. The van der Waals surface area contributed by atoms with Crippen molar-refractivity contribution in [2.75, 3.05) is 38.8 Å². The van der Waals surface area contributed by atoms with Gasteiger partial charge in [0, 0.05) is 47.9 Å². The van der Waals surface area contributed by atoms with Gasteiger partial charge in [-0.1, -0.05) is 29.8 Å². The van der Waals surface area contributed by atoms with Crippen LogP contribution in [0.3, 0.4) is 0 Å². The Morgan fingerprint density at radius 2 is 1.55 bits per heavy atom. The zero-order valence-corrected chi connectivity index (χ0v) is 22.1. The van der Waals surface area contributed by atoms with Crippen LogP contribution in [-0.4, -0.2) is 50.6 Å². The minimum absolute atomic E-state index is 0.126. The Morgan fingerprint density at radius 1 is 0.921 bits per heavy atom. The van der Waals surface area contributed by atoms with Crippen molar-refractivity contribution in [1.82, 2.24) is 4.90 Å². The summed E-state index contributed by atoms with van der Waals surface area (Å²) in [6.07, 6.45) is 1.23. The van der Waals surface area contributed by atoms with Crippen LogP contribution in [0.15, 0.2) is 48.5 Å². The highest BCUT2D eigenvalue weighted by Gasteiger charge is 2.47. The summed E-state index contributed by atoms with van der Waals surface area (Å²) in [7, 11) is 3.11. The third kappa shape index (κ3) is 4.26. The second kappa shape index (κ2) is 9.91. The van der Waals surface area contributed by atoms with Crippen LogP contribution in [0.2, 0.25) is 5.02 Å². The van der Waals surface area contributed by atoms with E-state index in [0.717, 1.165) is 17.2 Å². The summed E-state index contributed by atoms with van der Waals surface area (Å²) in [4.78, 5) is 30.2. The summed E-state index contributed by atoms with van der Waals surface area (Å²) >= 11 is 5.86. The molecular formula is C29H27ClF2N2O4. The quantitative estimate of drug-likeness (QED) is 0.394. The molecule has 2 aliphatic rings. The largest absolute Gasteiger partial charge is 0.496 e. The van der Waals surface area contributed by atoms with E-state index in [4.69, 9.17) is 21.1 Å². The van der Waals surface area contributed by atoms with Gasteiger partial charge in [-0.2, -0.15) is 0 Å². The number of piperidine rings is 1. The molecular weight excluding hydrogens is 514 g/mol. The maximum atomic E-state index is 14.6. The highest BCUT2D eigenvalue weighted by Crippen LogP contribution is 2.47. The molecule has 1 saturated heterocycles. The minimum atomic E-state index is -0.959. The Hall–Kier alpha value is -3.65. The first kappa shape index (κ1) is 26.0. The predicted octanol–water partition coefficient (Wildman–Crippen LogP) is 5.78. The summed E-state index contributed by atoms with van der Waals surface area (Å²) in [6, 6.07) is 12.6. The van der Waals surface area contributed by atoms with Crippen LogP contribution >= 0.6 is 11.6 Å². The molecule has 0 saturated carbocycles. The van der Waals surface area contributed by atoms with Crippen LogP contribution in [0.1, 0.15) is 44.7 Å². The molecule has 0 bridgehead atoms. The van der Waals surface area contributed by atoms with E-state index in [0.29, 0.717) is 61.3 Å². The van der Waals surface area contributed by atoms with Crippen LogP contribution in [0.25, 0.3) is 0 Å². The fraction of sp³-hybridized carbons (Fsp3) is 0.310. The lowest BCUT2D eigenvalue weighted by Gasteiger charge is -2.40. The highest BCUT2D eigenvalue weighted by molar-refractivity contribution is 6.31. The van der Waals surface area contributed by atoms with Crippen molar-refractivity contribution >= 4 is 29.1 Å². The number of nitrogens with zero attached hydrogens (tertiary/aromatic N) is 2. The molecule has 1 fully saturated rings. The number of carbonyl (C=O) groups excluding carboxylic acids is 2. The van der Waals surface area contributed by atoms with Gasteiger partial charge in [0.15, 0.2) is 0 Å². The number of methoxy groups -OCH3 is 2.